The molecule has 0 fully saturated rings. The van der Waals surface area contributed by atoms with Crippen LogP contribution in [0, 0.1) is 6.92 Å². The van der Waals surface area contributed by atoms with Crippen LogP contribution in [0.2, 0.25) is 0 Å². The highest BCUT2D eigenvalue weighted by Crippen LogP contribution is 2.15. The van der Waals surface area contributed by atoms with Gasteiger partial charge in [-0.3, -0.25) is 4.18 Å². The molecule has 0 spiro atoms. The second kappa shape index (κ2) is 12.7. The number of hydrogen-bond donors (Lipinski definition) is 0. The maximum Gasteiger partial charge on any atom is 0.513 e. The standard InChI is InChI=1S/C24H24O9S/c1-19-12-14-23(15-13-19)34(26,27)31-17-22(29-18-30-33-21-10-6-3-7-11-21)16-28-24(25)32-20-8-4-2-5-9-20/h2-15,22H,16-18H2,1H3/t22-/m0/s1. The van der Waals surface area contributed by atoms with Crippen molar-refractivity contribution in [3.05, 3.63) is 90.5 Å². The van der Waals surface area contributed by atoms with Crippen LogP contribution in [0.25, 0.3) is 0 Å². The van der Waals surface area contributed by atoms with Gasteiger partial charge in [-0.15, -0.1) is 0 Å². The van der Waals surface area contributed by atoms with Crippen LogP contribution in [-0.4, -0.2) is 40.7 Å². The summed E-state index contributed by atoms with van der Waals surface area (Å²) in [4.78, 5) is 22.0. The molecule has 9 nitrogen and oxygen atoms in total. The average Bonchev–Trinajstić information content (AvgIpc) is 2.84. The molecular formula is C24H24O9S. The highest BCUT2D eigenvalue weighted by molar-refractivity contribution is 7.86. The van der Waals surface area contributed by atoms with Crippen molar-refractivity contribution in [2.24, 2.45) is 0 Å². The Kier molecular flexibility index (Phi) is 9.41. The van der Waals surface area contributed by atoms with E-state index < -0.39 is 29.0 Å². The van der Waals surface area contributed by atoms with Gasteiger partial charge in [0.1, 0.15) is 18.5 Å². The van der Waals surface area contributed by atoms with Gasteiger partial charge in [0.15, 0.2) is 12.5 Å². The van der Waals surface area contributed by atoms with Gasteiger partial charge < -0.3 is 19.1 Å². The molecule has 0 amide bonds. The number of hydrogen-bond acceptors (Lipinski definition) is 9. The van der Waals surface area contributed by atoms with Gasteiger partial charge in [-0.2, -0.15) is 13.3 Å². The Morgan fingerprint density at radius 2 is 1.44 bits per heavy atom. The maximum absolute atomic E-state index is 12.5. The fourth-order valence-electron chi connectivity index (χ4n) is 2.55. The quantitative estimate of drug-likeness (QED) is 0.0703. The van der Waals surface area contributed by atoms with Gasteiger partial charge in [-0.25, -0.2) is 4.79 Å². The van der Waals surface area contributed by atoms with Crippen molar-refractivity contribution in [3.8, 4) is 11.5 Å². The summed E-state index contributed by atoms with van der Waals surface area (Å²) in [7, 11) is -4.06. The smallest absolute Gasteiger partial charge is 0.431 e. The van der Waals surface area contributed by atoms with Crippen molar-refractivity contribution >= 4 is 16.3 Å². The molecule has 34 heavy (non-hydrogen) atoms. The summed E-state index contributed by atoms with van der Waals surface area (Å²) >= 11 is 0. The number of aryl methyl sites for hydroxylation is 1. The monoisotopic (exact) mass is 488 g/mol. The van der Waals surface area contributed by atoms with Crippen LogP contribution in [0.1, 0.15) is 5.56 Å². The van der Waals surface area contributed by atoms with Crippen molar-refractivity contribution < 1.29 is 41.4 Å². The van der Waals surface area contributed by atoms with Crippen LogP contribution in [0.4, 0.5) is 4.79 Å². The van der Waals surface area contributed by atoms with Crippen LogP contribution < -0.4 is 9.62 Å². The molecule has 3 rings (SSSR count). The van der Waals surface area contributed by atoms with Gasteiger partial charge in [0, 0.05) is 0 Å². The van der Waals surface area contributed by atoms with E-state index in [0.717, 1.165) is 5.56 Å². The Labute approximate surface area is 197 Å². The van der Waals surface area contributed by atoms with Crippen molar-refractivity contribution in [3.63, 3.8) is 0 Å². The molecule has 0 aliphatic carbocycles. The van der Waals surface area contributed by atoms with E-state index in [4.69, 9.17) is 28.2 Å². The fourth-order valence-corrected chi connectivity index (χ4v) is 3.49. The van der Waals surface area contributed by atoms with E-state index in [1.54, 1.807) is 66.7 Å². The lowest BCUT2D eigenvalue weighted by molar-refractivity contribution is -0.278. The second-order valence-corrected chi connectivity index (χ2v) is 8.56. The van der Waals surface area contributed by atoms with E-state index in [0.29, 0.717) is 11.5 Å². The zero-order chi connectivity index (χ0) is 24.2. The number of rotatable bonds is 12. The molecule has 180 valence electrons. The molecule has 0 bridgehead atoms. The largest absolute Gasteiger partial charge is 0.513 e. The van der Waals surface area contributed by atoms with Crippen molar-refractivity contribution in [1.29, 1.82) is 0 Å². The van der Waals surface area contributed by atoms with E-state index in [9.17, 15) is 13.2 Å². The van der Waals surface area contributed by atoms with E-state index in [-0.39, 0.29) is 18.3 Å². The van der Waals surface area contributed by atoms with Crippen LogP contribution >= 0.6 is 0 Å². The van der Waals surface area contributed by atoms with Crippen LogP contribution in [0.3, 0.4) is 0 Å². The minimum atomic E-state index is -4.06. The molecule has 3 aromatic rings. The van der Waals surface area contributed by atoms with Crippen LogP contribution in [0.5, 0.6) is 11.5 Å². The van der Waals surface area contributed by atoms with Gasteiger partial charge >= 0.3 is 6.16 Å². The first kappa shape index (κ1) is 25.2. The molecule has 0 aromatic heterocycles. The molecule has 0 unspecified atom stereocenters. The van der Waals surface area contributed by atoms with Gasteiger partial charge in [-0.1, -0.05) is 54.1 Å². The Balaban J connectivity index is 1.54. The maximum atomic E-state index is 12.5. The average molecular weight is 489 g/mol. The minimum absolute atomic E-state index is 0.00934. The van der Waals surface area contributed by atoms with E-state index >= 15 is 0 Å². The molecule has 0 saturated carbocycles. The van der Waals surface area contributed by atoms with Gasteiger partial charge in [0.2, 0.25) is 0 Å². The van der Waals surface area contributed by atoms with Gasteiger partial charge in [-0.05, 0) is 43.3 Å². The second-order valence-electron chi connectivity index (χ2n) is 6.95. The summed E-state index contributed by atoms with van der Waals surface area (Å²) in [5, 5.41) is 0. The molecule has 0 saturated heterocycles. The van der Waals surface area contributed by atoms with E-state index in [1.807, 2.05) is 13.0 Å². The fraction of sp³-hybridized carbons (Fsp3) is 0.208. The van der Waals surface area contributed by atoms with Crippen molar-refractivity contribution in [1.82, 2.24) is 0 Å². The Hall–Kier alpha value is -3.44. The normalized spacial score (nSPS) is 12.0. The third kappa shape index (κ3) is 8.49. The number of para-hydroxylation sites is 2. The third-order valence-electron chi connectivity index (χ3n) is 4.30. The number of carbonyl (C=O) groups is 1. The Morgan fingerprint density at radius 1 is 0.824 bits per heavy atom. The predicted octanol–water partition coefficient (Wildman–Crippen LogP) is 4.27. The van der Waals surface area contributed by atoms with Crippen molar-refractivity contribution in [2.45, 2.75) is 17.9 Å². The molecule has 0 heterocycles. The van der Waals surface area contributed by atoms with Crippen LogP contribution in [-0.2, 0) is 28.7 Å². The zero-order valence-electron chi connectivity index (χ0n) is 18.4. The van der Waals surface area contributed by atoms with Crippen LogP contribution in [0.15, 0.2) is 89.8 Å². The van der Waals surface area contributed by atoms with E-state index in [2.05, 4.69) is 0 Å². The summed E-state index contributed by atoms with van der Waals surface area (Å²) in [5.74, 6) is 0.742. The summed E-state index contributed by atoms with van der Waals surface area (Å²) in [6, 6.07) is 23.2. The summed E-state index contributed by atoms with van der Waals surface area (Å²) < 4.78 is 45.6. The highest BCUT2D eigenvalue weighted by atomic mass is 32.2. The number of carbonyl (C=O) groups excluding carboxylic acids is 1. The minimum Gasteiger partial charge on any atom is -0.431 e. The zero-order valence-corrected chi connectivity index (χ0v) is 19.2. The lowest BCUT2D eigenvalue weighted by Crippen LogP contribution is -2.30. The SMILES string of the molecule is Cc1ccc(S(=O)(=O)OC[C@H](COC(=O)Oc2ccccc2)OCOOc2ccccc2)cc1. The number of benzene rings is 3. The molecule has 0 N–H and O–H groups in total. The van der Waals surface area contributed by atoms with Crippen molar-refractivity contribution in [2.75, 3.05) is 20.0 Å². The number of ether oxygens (including phenoxy) is 3. The third-order valence-corrected chi connectivity index (χ3v) is 5.60. The summed E-state index contributed by atoms with van der Waals surface area (Å²) in [6.07, 6.45) is -1.98. The first-order valence-corrected chi connectivity index (χ1v) is 11.6. The van der Waals surface area contributed by atoms with E-state index in [1.165, 1.54) is 12.1 Å². The molecule has 10 heteroatoms. The first-order chi connectivity index (χ1) is 16.4. The van der Waals surface area contributed by atoms with Gasteiger partial charge in [0.25, 0.3) is 10.1 Å². The molecular weight excluding hydrogens is 464 g/mol. The Bertz CT molecular complexity index is 1120. The molecule has 3 aromatic carbocycles. The summed E-state index contributed by atoms with van der Waals surface area (Å²) in [6.45, 7) is 0.655. The van der Waals surface area contributed by atoms with Gasteiger partial charge in [0.05, 0.1) is 11.5 Å². The molecule has 0 aliphatic rings. The molecule has 0 radical (unpaired) electrons. The lowest BCUT2D eigenvalue weighted by atomic mass is 10.2. The predicted molar refractivity (Wildman–Crippen MR) is 121 cm³/mol. The topological polar surface area (TPSA) is 107 Å². The molecule has 0 aliphatic heterocycles. The lowest BCUT2D eigenvalue weighted by Gasteiger charge is -2.17. The Morgan fingerprint density at radius 3 is 2.09 bits per heavy atom. The summed E-state index contributed by atoms with van der Waals surface area (Å²) in [5.41, 5.74) is 0.904. The first-order valence-electron chi connectivity index (χ1n) is 10.2. The highest BCUT2D eigenvalue weighted by Gasteiger charge is 2.21. The molecule has 1 atom stereocenters.